The Morgan fingerprint density at radius 2 is 2.14 bits per heavy atom. The number of aliphatic hydroxyl groups excluding tert-OH is 2. The molecule has 156 valence electrons. The lowest BCUT2D eigenvalue weighted by Crippen LogP contribution is -2.42. The van der Waals surface area contributed by atoms with E-state index >= 15 is 0 Å². The molecule has 0 amide bonds. The van der Waals surface area contributed by atoms with Crippen LogP contribution in [0.15, 0.2) is 17.1 Å². The number of hydrogen-bond acceptors (Lipinski definition) is 11. The van der Waals surface area contributed by atoms with Crippen molar-refractivity contribution < 1.29 is 34.1 Å². The maximum absolute atomic E-state index is 12.4. The molecule has 12 heteroatoms. The van der Waals surface area contributed by atoms with Gasteiger partial charge >= 0.3 is 11.7 Å². The van der Waals surface area contributed by atoms with Crippen molar-refractivity contribution >= 4 is 11.8 Å². The number of rotatable bonds is 6. The standard InChI is InChI=1S/C16H24N4O8/c1-7(22)10(17)14(23)28-19-9-4-5-20(15(24)18-9)13-12-11(8(6-21)25-13)26-16(2,3)27-12/h4-5,7-8,10-13,21-22H,6,17H2,1-3H3,(H,18,19,24)/t7-,8+,10+,11+,12+,13+/m0/s1. The maximum atomic E-state index is 12.4. The van der Waals surface area contributed by atoms with Gasteiger partial charge in [-0.05, 0) is 20.8 Å². The predicted octanol–water partition coefficient (Wildman–Crippen LogP) is -1.77. The summed E-state index contributed by atoms with van der Waals surface area (Å²) in [7, 11) is 0. The topological polar surface area (TPSA) is 167 Å². The number of hydrogen-bond donors (Lipinski definition) is 4. The van der Waals surface area contributed by atoms with Crippen molar-refractivity contribution in [3.05, 3.63) is 22.7 Å². The van der Waals surface area contributed by atoms with Crippen LogP contribution in [-0.2, 0) is 23.8 Å². The molecular weight excluding hydrogens is 376 g/mol. The number of fused-ring (bicyclic) bond motifs is 1. The molecule has 2 saturated heterocycles. The quantitative estimate of drug-likeness (QED) is 0.399. The SMILES string of the molecule is C[C@H](O)[C@@H](N)C(=O)ONc1ccn([C@@H]2O[C@H](CO)[C@H]3OC(C)(C)O[C@H]32)c(=O)n1. The number of carbonyl (C=O) groups is 1. The van der Waals surface area contributed by atoms with Gasteiger partial charge in [-0.15, -0.1) is 0 Å². The molecule has 2 aliphatic rings. The third kappa shape index (κ3) is 4.01. The van der Waals surface area contributed by atoms with Gasteiger partial charge in [-0.1, -0.05) is 0 Å². The van der Waals surface area contributed by atoms with Gasteiger partial charge in [-0.25, -0.2) is 15.1 Å². The first kappa shape index (κ1) is 20.6. The Balaban J connectivity index is 1.72. The normalized spacial score (nSPS) is 30.5. The Labute approximate surface area is 160 Å². The van der Waals surface area contributed by atoms with Crippen molar-refractivity contribution in [1.82, 2.24) is 9.55 Å². The number of carbonyl (C=O) groups excluding carboxylic acids is 1. The van der Waals surface area contributed by atoms with Crippen LogP contribution in [0.3, 0.4) is 0 Å². The van der Waals surface area contributed by atoms with Gasteiger partial charge < -0.3 is 35.0 Å². The largest absolute Gasteiger partial charge is 0.394 e. The van der Waals surface area contributed by atoms with Crippen LogP contribution in [-0.4, -0.2) is 68.6 Å². The molecule has 0 bridgehead atoms. The highest BCUT2D eigenvalue weighted by atomic mass is 16.8. The number of nitrogens with two attached hydrogens (primary N) is 1. The molecule has 0 aromatic carbocycles. The molecule has 2 fully saturated rings. The molecule has 1 aromatic heterocycles. The molecule has 3 heterocycles. The predicted molar refractivity (Wildman–Crippen MR) is 92.7 cm³/mol. The molecule has 1 aromatic rings. The Kier molecular flexibility index (Phi) is 5.70. The van der Waals surface area contributed by atoms with Gasteiger partial charge in [-0.3, -0.25) is 4.57 Å². The molecule has 28 heavy (non-hydrogen) atoms. The zero-order valence-corrected chi connectivity index (χ0v) is 15.6. The number of ether oxygens (including phenoxy) is 3. The Hall–Kier alpha value is -2.09. The molecule has 5 N–H and O–H groups in total. The Bertz CT molecular complexity index is 782. The molecule has 12 nitrogen and oxygen atoms in total. The average Bonchev–Trinajstić information content (AvgIpc) is 3.11. The van der Waals surface area contributed by atoms with E-state index in [2.05, 4.69) is 10.5 Å². The Morgan fingerprint density at radius 1 is 1.46 bits per heavy atom. The summed E-state index contributed by atoms with van der Waals surface area (Å²) in [6.45, 7) is 4.52. The van der Waals surface area contributed by atoms with Crippen molar-refractivity contribution in [3.8, 4) is 0 Å². The van der Waals surface area contributed by atoms with Crippen LogP contribution < -0.4 is 16.9 Å². The third-order valence-electron chi connectivity index (χ3n) is 4.46. The van der Waals surface area contributed by atoms with E-state index in [0.717, 1.165) is 0 Å². The molecule has 0 saturated carbocycles. The molecular formula is C16H24N4O8. The maximum Gasteiger partial charge on any atom is 0.351 e. The van der Waals surface area contributed by atoms with Crippen LogP contribution in [0.25, 0.3) is 0 Å². The van der Waals surface area contributed by atoms with Crippen LogP contribution in [0.5, 0.6) is 0 Å². The summed E-state index contributed by atoms with van der Waals surface area (Å²) >= 11 is 0. The second kappa shape index (κ2) is 7.73. The summed E-state index contributed by atoms with van der Waals surface area (Å²) in [6, 6.07) is 0.142. The van der Waals surface area contributed by atoms with E-state index in [9.17, 15) is 19.8 Å². The molecule has 0 spiro atoms. The van der Waals surface area contributed by atoms with Gasteiger partial charge in [0.15, 0.2) is 17.8 Å². The van der Waals surface area contributed by atoms with Crippen molar-refractivity contribution in [2.24, 2.45) is 5.73 Å². The minimum Gasteiger partial charge on any atom is -0.394 e. The Morgan fingerprint density at radius 3 is 2.75 bits per heavy atom. The smallest absolute Gasteiger partial charge is 0.351 e. The summed E-state index contributed by atoms with van der Waals surface area (Å²) < 4.78 is 18.5. The molecule has 3 rings (SSSR count). The monoisotopic (exact) mass is 400 g/mol. The fourth-order valence-corrected chi connectivity index (χ4v) is 3.06. The summed E-state index contributed by atoms with van der Waals surface area (Å²) in [6.07, 6.45) is -2.34. The summed E-state index contributed by atoms with van der Waals surface area (Å²) in [5.41, 5.74) is 6.96. The average molecular weight is 400 g/mol. The number of aliphatic hydroxyl groups is 2. The second-order valence-corrected chi connectivity index (χ2v) is 7.10. The van der Waals surface area contributed by atoms with Gasteiger partial charge in [0.05, 0.1) is 12.7 Å². The van der Waals surface area contributed by atoms with E-state index in [0.29, 0.717) is 0 Å². The lowest BCUT2D eigenvalue weighted by molar-refractivity contribution is -0.200. The van der Waals surface area contributed by atoms with Crippen LogP contribution in [0, 0.1) is 0 Å². The van der Waals surface area contributed by atoms with Gasteiger partial charge in [0.2, 0.25) is 0 Å². The van der Waals surface area contributed by atoms with E-state index < -0.39 is 54.1 Å². The van der Waals surface area contributed by atoms with Crippen molar-refractivity contribution in [2.45, 2.75) is 63.2 Å². The molecule has 6 atom stereocenters. The minimum absolute atomic E-state index is 0.0374. The van der Waals surface area contributed by atoms with E-state index in [1.807, 2.05) is 0 Å². The lowest BCUT2D eigenvalue weighted by atomic mass is 10.1. The summed E-state index contributed by atoms with van der Waals surface area (Å²) in [5, 5.41) is 18.8. The van der Waals surface area contributed by atoms with Gasteiger partial charge in [0.25, 0.3) is 0 Å². The van der Waals surface area contributed by atoms with Gasteiger partial charge in [0, 0.05) is 12.3 Å². The van der Waals surface area contributed by atoms with Crippen molar-refractivity contribution in [1.29, 1.82) is 0 Å². The number of anilines is 1. The highest BCUT2D eigenvalue weighted by Crippen LogP contribution is 2.42. The highest BCUT2D eigenvalue weighted by Gasteiger charge is 2.55. The third-order valence-corrected chi connectivity index (χ3v) is 4.46. The first-order chi connectivity index (χ1) is 13.1. The van der Waals surface area contributed by atoms with E-state index in [4.69, 9.17) is 24.8 Å². The van der Waals surface area contributed by atoms with Gasteiger partial charge in [0.1, 0.15) is 24.4 Å². The van der Waals surface area contributed by atoms with Crippen molar-refractivity contribution in [3.63, 3.8) is 0 Å². The highest BCUT2D eigenvalue weighted by molar-refractivity contribution is 5.76. The second-order valence-electron chi connectivity index (χ2n) is 7.10. The van der Waals surface area contributed by atoms with E-state index in [1.165, 1.54) is 23.8 Å². The van der Waals surface area contributed by atoms with Gasteiger partial charge in [-0.2, -0.15) is 4.98 Å². The van der Waals surface area contributed by atoms with Crippen LogP contribution in [0.1, 0.15) is 27.0 Å². The number of nitrogens with zero attached hydrogens (tertiary/aromatic N) is 2. The minimum atomic E-state index is -1.24. The summed E-state index contributed by atoms with van der Waals surface area (Å²) in [4.78, 5) is 32.5. The lowest BCUT2D eigenvalue weighted by Gasteiger charge is -2.24. The number of aromatic nitrogens is 2. The summed E-state index contributed by atoms with van der Waals surface area (Å²) in [5.74, 6) is -1.82. The first-order valence-electron chi connectivity index (χ1n) is 8.74. The zero-order valence-electron chi connectivity index (χ0n) is 15.6. The molecule has 0 aliphatic carbocycles. The molecule has 0 radical (unpaired) electrons. The number of nitrogens with one attached hydrogen (secondary N) is 1. The first-order valence-corrected chi connectivity index (χ1v) is 8.74. The van der Waals surface area contributed by atoms with Crippen molar-refractivity contribution in [2.75, 3.05) is 12.1 Å². The van der Waals surface area contributed by atoms with Crippen LogP contribution >= 0.6 is 0 Å². The fraction of sp³-hybridized carbons (Fsp3) is 0.688. The van der Waals surface area contributed by atoms with Crippen LogP contribution in [0.2, 0.25) is 0 Å². The molecule has 0 unspecified atom stereocenters. The molecule has 2 aliphatic heterocycles. The fourth-order valence-electron chi connectivity index (χ4n) is 3.06. The van der Waals surface area contributed by atoms with E-state index in [-0.39, 0.29) is 12.4 Å². The zero-order chi connectivity index (χ0) is 20.6. The van der Waals surface area contributed by atoms with E-state index in [1.54, 1.807) is 13.8 Å². The van der Waals surface area contributed by atoms with Crippen LogP contribution in [0.4, 0.5) is 5.82 Å².